The van der Waals surface area contributed by atoms with Gasteiger partial charge in [-0.3, -0.25) is 0 Å². The van der Waals surface area contributed by atoms with Gasteiger partial charge in [-0.2, -0.15) is 0 Å². The molecule has 1 aliphatic heterocycles. The summed E-state index contributed by atoms with van der Waals surface area (Å²) in [6.45, 7) is 6.48. The van der Waals surface area contributed by atoms with Crippen molar-refractivity contribution >= 4 is 28.2 Å². The molecule has 7 nitrogen and oxygen atoms in total. The maximum Gasteiger partial charge on any atom is 0.226 e. The van der Waals surface area contributed by atoms with Crippen molar-refractivity contribution in [1.29, 1.82) is 0 Å². The van der Waals surface area contributed by atoms with E-state index in [0.29, 0.717) is 6.61 Å². The highest BCUT2D eigenvalue weighted by molar-refractivity contribution is 5.93. The van der Waals surface area contributed by atoms with Crippen LogP contribution in [0.2, 0.25) is 0 Å². The number of imidazole rings is 1. The van der Waals surface area contributed by atoms with E-state index >= 15 is 0 Å². The summed E-state index contributed by atoms with van der Waals surface area (Å²) in [6.07, 6.45) is 3.98. The number of morpholine rings is 1. The van der Waals surface area contributed by atoms with Crippen molar-refractivity contribution in [3.8, 4) is 22.6 Å². The van der Waals surface area contributed by atoms with Crippen LogP contribution in [0.5, 0.6) is 0 Å². The molecule has 1 atom stereocenters. The average molecular weight is 477 g/mol. The first kappa shape index (κ1) is 22.2. The Hall–Kier alpha value is -4.23. The number of nitrogens with zero attached hydrogens (tertiary/aromatic N) is 4. The summed E-state index contributed by atoms with van der Waals surface area (Å²) in [5, 5.41) is 4.55. The summed E-state index contributed by atoms with van der Waals surface area (Å²) < 4.78 is 5.66. The SMILES string of the molecule is Cc1ccc(Nc2cccc3nc(N4CCO[C@H](C)C4)ncc23)cc1-c1ncc(-c2ccccc2)[nH]1. The zero-order valence-electron chi connectivity index (χ0n) is 20.4. The summed E-state index contributed by atoms with van der Waals surface area (Å²) in [4.78, 5) is 19.9. The second kappa shape index (κ2) is 9.43. The lowest BCUT2D eigenvalue weighted by Gasteiger charge is -2.31. The van der Waals surface area contributed by atoms with Gasteiger partial charge in [-0.05, 0) is 49.2 Å². The molecule has 0 bridgehead atoms. The smallest absolute Gasteiger partial charge is 0.226 e. The molecule has 5 aromatic rings. The van der Waals surface area contributed by atoms with Crippen molar-refractivity contribution in [2.75, 3.05) is 29.9 Å². The fraction of sp³-hybridized carbons (Fsp3) is 0.207. The number of ether oxygens (including phenoxy) is 1. The molecule has 1 fully saturated rings. The van der Waals surface area contributed by atoms with E-state index in [2.05, 4.69) is 75.4 Å². The van der Waals surface area contributed by atoms with Gasteiger partial charge in [0.2, 0.25) is 5.95 Å². The van der Waals surface area contributed by atoms with Crippen molar-refractivity contribution < 1.29 is 4.74 Å². The maximum atomic E-state index is 5.66. The van der Waals surface area contributed by atoms with Gasteiger partial charge in [0.25, 0.3) is 0 Å². The molecule has 0 spiro atoms. The molecule has 0 saturated carbocycles. The van der Waals surface area contributed by atoms with Gasteiger partial charge in [0.15, 0.2) is 0 Å². The van der Waals surface area contributed by atoms with Gasteiger partial charge in [-0.1, -0.05) is 42.5 Å². The summed E-state index contributed by atoms with van der Waals surface area (Å²) in [7, 11) is 0. The topological polar surface area (TPSA) is 79.0 Å². The molecule has 1 aliphatic rings. The number of anilines is 3. The molecular weight excluding hydrogens is 448 g/mol. The summed E-state index contributed by atoms with van der Waals surface area (Å²) in [5.74, 6) is 1.60. The van der Waals surface area contributed by atoms with Crippen molar-refractivity contribution in [3.05, 3.63) is 84.7 Å². The molecule has 6 rings (SSSR count). The molecule has 3 aromatic carbocycles. The number of aryl methyl sites for hydroxylation is 1. The number of nitrogens with one attached hydrogen (secondary N) is 2. The predicted octanol–water partition coefficient (Wildman–Crippen LogP) is 5.96. The van der Waals surface area contributed by atoms with Crippen LogP contribution in [-0.2, 0) is 4.74 Å². The lowest BCUT2D eigenvalue weighted by molar-refractivity contribution is 0.0526. The molecule has 1 saturated heterocycles. The van der Waals surface area contributed by atoms with Crippen LogP contribution in [0.1, 0.15) is 12.5 Å². The number of H-pyrrole nitrogens is 1. The van der Waals surface area contributed by atoms with Crippen molar-refractivity contribution in [2.24, 2.45) is 0 Å². The first-order chi connectivity index (χ1) is 17.6. The summed E-state index contributed by atoms with van der Waals surface area (Å²) >= 11 is 0. The lowest BCUT2D eigenvalue weighted by Crippen LogP contribution is -2.41. The second-order valence-electron chi connectivity index (χ2n) is 9.20. The Morgan fingerprint density at radius 3 is 2.75 bits per heavy atom. The Labute approximate surface area is 210 Å². The van der Waals surface area contributed by atoms with E-state index in [9.17, 15) is 0 Å². The predicted molar refractivity (Wildman–Crippen MR) is 145 cm³/mol. The van der Waals surface area contributed by atoms with Crippen LogP contribution in [-0.4, -0.2) is 45.7 Å². The summed E-state index contributed by atoms with van der Waals surface area (Å²) in [5.41, 5.74) is 7.18. The molecule has 0 unspecified atom stereocenters. The highest BCUT2D eigenvalue weighted by Crippen LogP contribution is 2.31. The van der Waals surface area contributed by atoms with E-state index in [1.54, 1.807) is 0 Å². The van der Waals surface area contributed by atoms with Crippen molar-refractivity contribution in [3.63, 3.8) is 0 Å². The number of hydrogen-bond donors (Lipinski definition) is 2. The van der Waals surface area contributed by atoms with Gasteiger partial charge in [-0.15, -0.1) is 0 Å². The van der Waals surface area contributed by atoms with Gasteiger partial charge in [0.05, 0.1) is 30.1 Å². The molecule has 3 heterocycles. The standard InChI is InChI=1S/C29H28N6O/c1-19-11-12-22(15-23(19)28-30-17-27(33-28)21-7-4-3-5-8-21)32-25-9-6-10-26-24(25)16-31-29(34-26)35-13-14-36-20(2)18-35/h3-12,15-17,20,32H,13-14,18H2,1-2H3,(H,30,33)/t20-/m1/s1. The first-order valence-corrected chi connectivity index (χ1v) is 12.2. The molecule has 36 heavy (non-hydrogen) atoms. The third-order valence-corrected chi connectivity index (χ3v) is 6.57. The largest absolute Gasteiger partial charge is 0.375 e. The Morgan fingerprint density at radius 2 is 1.89 bits per heavy atom. The highest BCUT2D eigenvalue weighted by atomic mass is 16.5. The van der Waals surface area contributed by atoms with Crippen molar-refractivity contribution in [2.45, 2.75) is 20.0 Å². The molecule has 2 aromatic heterocycles. The van der Waals surface area contributed by atoms with Crippen LogP contribution >= 0.6 is 0 Å². The minimum Gasteiger partial charge on any atom is -0.375 e. The Bertz CT molecular complexity index is 1510. The summed E-state index contributed by atoms with van der Waals surface area (Å²) in [6, 6.07) is 22.7. The van der Waals surface area contributed by atoms with E-state index in [4.69, 9.17) is 9.72 Å². The average Bonchev–Trinajstić information content (AvgIpc) is 3.40. The number of aromatic nitrogens is 4. The Balaban J connectivity index is 1.29. The van der Waals surface area contributed by atoms with Crippen molar-refractivity contribution in [1.82, 2.24) is 19.9 Å². The zero-order chi connectivity index (χ0) is 24.5. The van der Waals surface area contributed by atoms with Crippen LogP contribution in [0, 0.1) is 6.92 Å². The fourth-order valence-electron chi connectivity index (χ4n) is 4.64. The highest BCUT2D eigenvalue weighted by Gasteiger charge is 2.19. The van der Waals surface area contributed by atoms with Crippen LogP contribution < -0.4 is 10.2 Å². The van der Waals surface area contributed by atoms with E-state index in [1.807, 2.05) is 42.7 Å². The van der Waals surface area contributed by atoms with Crippen LogP contribution in [0.25, 0.3) is 33.5 Å². The van der Waals surface area contributed by atoms with E-state index in [-0.39, 0.29) is 6.10 Å². The van der Waals surface area contributed by atoms with Crippen LogP contribution in [0.15, 0.2) is 79.1 Å². The fourth-order valence-corrected chi connectivity index (χ4v) is 4.64. The third-order valence-electron chi connectivity index (χ3n) is 6.57. The zero-order valence-corrected chi connectivity index (χ0v) is 20.4. The monoisotopic (exact) mass is 476 g/mol. The third kappa shape index (κ3) is 4.41. The number of aromatic amines is 1. The quantitative estimate of drug-likeness (QED) is 0.326. The van der Waals surface area contributed by atoms with Gasteiger partial charge in [0, 0.05) is 41.6 Å². The van der Waals surface area contributed by atoms with Crippen LogP contribution in [0.4, 0.5) is 17.3 Å². The van der Waals surface area contributed by atoms with E-state index in [0.717, 1.165) is 69.5 Å². The molecule has 0 aliphatic carbocycles. The van der Waals surface area contributed by atoms with Crippen LogP contribution in [0.3, 0.4) is 0 Å². The lowest BCUT2D eigenvalue weighted by atomic mass is 10.1. The normalized spacial score (nSPS) is 15.8. The number of rotatable bonds is 5. The van der Waals surface area contributed by atoms with Gasteiger partial charge in [-0.25, -0.2) is 15.0 Å². The second-order valence-corrected chi connectivity index (χ2v) is 9.20. The molecular formula is C29H28N6O. The molecule has 2 N–H and O–H groups in total. The number of fused-ring (bicyclic) bond motifs is 1. The Kier molecular flexibility index (Phi) is 5.83. The molecule has 7 heteroatoms. The van der Waals surface area contributed by atoms with Gasteiger partial charge < -0.3 is 19.9 Å². The maximum absolute atomic E-state index is 5.66. The molecule has 0 amide bonds. The number of hydrogen-bond acceptors (Lipinski definition) is 6. The minimum atomic E-state index is 0.180. The van der Waals surface area contributed by atoms with Gasteiger partial charge in [0.1, 0.15) is 5.82 Å². The van der Waals surface area contributed by atoms with E-state index < -0.39 is 0 Å². The Morgan fingerprint density at radius 1 is 1.00 bits per heavy atom. The van der Waals surface area contributed by atoms with Gasteiger partial charge >= 0.3 is 0 Å². The number of benzene rings is 3. The molecule has 0 radical (unpaired) electrons. The minimum absolute atomic E-state index is 0.180. The van der Waals surface area contributed by atoms with E-state index in [1.165, 1.54) is 0 Å². The first-order valence-electron chi connectivity index (χ1n) is 12.2. The molecule has 180 valence electrons.